The van der Waals surface area contributed by atoms with Gasteiger partial charge in [0.25, 0.3) is 0 Å². The number of allylic oxidation sites excluding steroid dienone is 3. The van der Waals surface area contributed by atoms with Gasteiger partial charge in [0.2, 0.25) is 7.98 Å². The Morgan fingerprint density at radius 2 is 2.04 bits per heavy atom. The summed E-state index contributed by atoms with van der Waals surface area (Å²) in [5.41, 5.74) is 11.9. The van der Waals surface area contributed by atoms with Crippen LogP contribution in [0.4, 0.5) is 0 Å². The molecule has 0 unspecified atom stereocenters. The molecule has 1 aromatic carbocycles. The van der Waals surface area contributed by atoms with Crippen molar-refractivity contribution in [1.29, 1.82) is 0 Å². The van der Waals surface area contributed by atoms with E-state index in [2.05, 4.69) is 19.6 Å². The highest BCUT2D eigenvalue weighted by Gasteiger charge is 2.16. The lowest BCUT2D eigenvalue weighted by atomic mass is 10.0. The molecule has 0 fully saturated rings. The van der Waals surface area contributed by atoms with E-state index in [9.17, 15) is 0 Å². The highest BCUT2D eigenvalue weighted by Crippen LogP contribution is 2.31. The Kier molecular flexibility index (Phi) is 6.51. The van der Waals surface area contributed by atoms with Gasteiger partial charge in [-0.2, -0.15) is 0 Å². The van der Waals surface area contributed by atoms with Gasteiger partial charge in [-0.3, -0.25) is 0 Å². The van der Waals surface area contributed by atoms with Gasteiger partial charge in [0, 0.05) is 11.3 Å². The first kappa shape index (κ1) is 19.7. The fourth-order valence-corrected chi connectivity index (χ4v) is 3.10. The summed E-state index contributed by atoms with van der Waals surface area (Å²) in [7, 11) is 6.04. The van der Waals surface area contributed by atoms with Gasteiger partial charge in [-0.1, -0.05) is 30.9 Å². The van der Waals surface area contributed by atoms with Crippen LogP contribution in [-0.4, -0.2) is 31.3 Å². The number of nitrogens with two attached hydrogens (primary N) is 1. The predicted molar refractivity (Wildman–Crippen MR) is 119 cm³/mol. The van der Waals surface area contributed by atoms with Gasteiger partial charge >= 0.3 is 0 Å². The van der Waals surface area contributed by atoms with Crippen LogP contribution in [0.3, 0.4) is 0 Å². The molecule has 0 bridgehead atoms. The van der Waals surface area contributed by atoms with Crippen LogP contribution in [0.1, 0.15) is 24.6 Å². The fraction of sp³-hybridized carbons (Fsp3) is 0.174. The van der Waals surface area contributed by atoms with Crippen LogP contribution in [0.25, 0.3) is 11.6 Å². The molecule has 4 nitrogen and oxygen atoms in total. The summed E-state index contributed by atoms with van der Waals surface area (Å²) in [5, 5.41) is 0. The maximum atomic E-state index is 6.04. The van der Waals surface area contributed by atoms with Gasteiger partial charge in [0.1, 0.15) is 12.4 Å². The molecule has 2 aromatic rings. The number of hydrogen-bond donors (Lipinski definition) is 1. The summed E-state index contributed by atoms with van der Waals surface area (Å²) in [5.74, 6) is 0.826. The van der Waals surface area contributed by atoms with E-state index in [1.807, 2.05) is 54.7 Å². The van der Waals surface area contributed by atoms with Gasteiger partial charge in [0.05, 0.1) is 11.4 Å². The maximum absolute atomic E-state index is 6.04. The van der Waals surface area contributed by atoms with Crippen LogP contribution in [0, 0.1) is 0 Å². The van der Waals surface area contributed by atoms with E-state index < -0.39 is 0 Å². The summed E-state index contributed by atoms with van der Waals surface area (Å²) >= 11 is 0. The lowest BCUT2D eigenvalue weighted by Crippen LogP contribution is -2.05. The molecule has 2 heterocycles. The van der Waals surface area contributed by atoms with Crippen molar-refractivity contribution in [3.05, 3.63) is 89.9 Å². The van der Waals surface area contributed by atoms with E-state index in [1.54, 1.807) is 10.6 Å². The number of benzene rings is 1. The minimum absolute atomic E-state index is 0.502. The Balaban J connectivity index is 1.83. The van der Waals surface area contributed by atoms with Crippen molar-refractivity contribution in [2.45, 2.75) is 13.3 Å². The Morgan fingerprint density at radius 1 is 1.25 bits per heavy atom. The standard InChI is InChI=1S/C23H24BN3O/c1-3-15-28-20-10-7-18(8-11-20)6-9-19-16-17(2)23(26-19)21(12-13-25)22-5-4-14-27(22)24/h3-11,14,16H,1,12-13,15,25H2,2H3/b9-6+,23-21-. The van der Waals surface area contributed by atoms with Crippen molar-refractivity contribution >= 4 is 25.3 Å². The third-order valence-corrected chi connectivity index (χ3v) is 4.44. The first-order chi connectivity index (χ1) is 13.6. The van der Waals surface area contributed by atoms with Crippen LogP contribution in [0.15, 0.2) is 83.7 Å². The number of aromatic nitrogens is 1. The predicted octanol–water partition coefficient (Wildman–Crippen LogP) is 4.16. The average Bonchev–Trinajstić information content (AvgIpc) is 3.29. The first-order valence-corrected chi connectivity index (χ1v) is 9.27. The number of nitrogens with zero attached hydrogens (tertiary/aromatic N) is 2. The molecule has 0 atom stereocenters. The number of hydrogen-bond acceptors (Lipinski definition) is 3. The molecule has 3 rings (SSSR count). The van der Waals surface area contributed by atoms with Gasteiger partial charge in [0.15, 0.2) is 0 Å². The highest BCUT2D eigenvalue weighted by molar-refractivity contribution is 6.11. The highest BCUT2D eigenvalue weighted by atomic mass is 16.5. The normalized spacial score (nSPS) is 15.5. The fourth-order valence-electron chi connectivity index (χ4n) is 3.10. The van der Waals surface area contributed by atoms with Gasteiger partial charge < -0.3 is 14.9 Å². The van der Waals surface area contributed by atoms with Crippen molar-refractivity contribution in [2.75, 3.05) is 13.2 Å². The molecule has 1 aliphatic heterocycles. The Hall–Kier alpha value is -3.05. The molecule has 0 spiro atoms. The molecular formula is C23H24BN3O. The quantitative estimate of drug-likeness (QED) is 0.561. The monoisotopic (exact) mass is 369 g/mol. The second-order valence-corrected chi connectivity index (χ2v) is 6.53. The van der Waals surface area contributed by atoms with E-state index in [0.717, 1.165) is 39.6 Å². The Morgan fingerprint density at radius 3 is 2.68 bits per heavy atom. The topological polar surface area (TPSA) is 52.5 Å². The van der Waals surface area contributed by atoms with E-state index in [-0.39, 0.29) is 0 Å². The van der Waals surface area contributed by atoms with Crippen molar-refractivity contribution in [3.63, 3.8) is 0 Å². The second kappa shape index (κ2) is 9.24. The second-order valence-electron chi connectivity index (χ2n) is 6.53. The van der Waals surface area contributed by atoms with E-state index >= 15 is 0 Å². The molecule has 0 saturated heterocycles. The average molecular weight is 369 g/mol. The van der Waals surface area contributed by atoms with Crippen molar-refractivity contribution < 1.29 is 4.74 Å². The van der Waals surface area contributed by atoms with Gasteiger partial charge in [-0.05, 0) is 73.6 Å². The zero-order chi connectivity index (χ0) is 19.9. The molecule has 0 saturated carbocycles. The molecule has 1 aliphatic rings. The molecule has 2 radical (unpaired) electrons. The summed E-state index contributed by atoms with van der Waals surface area (Å²) in [6, 6.07) is 11.8. The minimum atomic E-state index is 0.502. The molecule has 5 heteroatoms. The van der Waals surface area contributed by atoms with E-state index in [0.29, 0.717) is 19.6 Å². The van der Waals surface area contributed by atoms with Gasteiger partial charge in [-0.25, -0.2) is 4.99 Å². The Labute approximate surface area is 167 Å². The van der Waals surface area contributed by atoms with E-state index in [1.165, 1.54) is 0 Å². The van der Waals surface area contributed by atoms with Crippen LogP contribution in [-0.2, 0) is 0 Å². The largest absolute Gasteiger partial charge is 0.490 e. The molecule has 1 aromatic heterocycles. The van der Waals surface area contributed by atoms with Crippen LogP contribution in [0.5, 0.6) is 5.75 Å². The molecular weight excluding hydrogens is 345 g/mol. The summed E-state index contributed by atoms with van der Waals surface area (Å²) in [6.07, 6.45) is 10.4. The van der Waals surface area contributed by atoms with Crippen molar-refractivity contribution in [2.24, 2.45) is 10.7 Å². The number of ether oxygens (including phenoxy) is 1. The summed E-state index contributed by atoms with van der Waals surface area (Å²) in [6.45, 7) is 6.75. The molecule has 0 amide bonds. The summed E-state index contributed by atoms with van der Waals surface area (Å²) in [4.78, 5) is 4.81. The van der Waals surface area contributed by atoms with Crippen LogP contribution >= 0.6 is 0 Å². The van der Waals surface area contributed by atoms with Crippen LogP contribution in [0.2, 0.25) is 0 Å². The minimum Gasteiger partial charge on any atom is -0.490 e. The van der Waals surface area contributed by atoms with Crippen molar-refractivity contribution in [1.82, 2.24) is 4.48 Å². The third kappa shape index (κ3) is 4.62. The first-order valence-electron chi connectivity index (χ1n) is 9.27. The molecule has 0 aliphatic carbocycles. The molecule has 2 N–H and O–H groups in total. The van der Waals surface area contributed by atoms with Crippen LogP contribution < -0.4 is 10.5 Å². The maximum Gasteiger partial charge on any atom is 0.234 e. The molecule has 28 heavy (non-hydrogen) atoms. The SMILES string of the molecule is [B]n1cccc1/C(CCN)=C1N=C(/C=C/c2ccc(OCC=C)cc2)C=C\1C. The van der Waals surface area contributed by atoms with Crippen molar-refractivity contribution in [3.8, 4) is 5.75 Å². The number of aliphatic imine (C=N–C) groups is 1. The number of rotatable bonds is 8. The lowest BCUT2D eigenvalue weighted by molar-refractivity contribution is 0.363. The Bertz CT molecular complexity index is 962. The third-order valence-electron chi connectivity index (χ3n) is 4.44. The smallest absolute Gasteiger partial charge is 0.234 e. The lowest BCUT2D eigenvalue weighted by Gasteiger charge is -2.11. The van der Waals surface area contributed by atoms with E-state index in [4.69, 9.17) is 23.4 Å². The zero-order valence-electron chi connectivity index (χ0n) is 16.1. The summed E-state index contributed by atoms with van der Waals surface area (Å²) < 4.78 is 7.12. The molecule has 140 valence electrons. The van der Waals surface area contributed by atoms with Gasteiger partial charge in [-0.15, -0.1) is 0 Å². The zero-order valence-corrected chi connectivity index (χ0v) is 16.1.